The number of aromatic nitrogens is 3. The predicted octanol–water partition coefficient (Wildman–Crippen LogP) is 2.88. The Hall–Kier alpha value is -3.07. The Morgan fingerprint density at radius 1 is 1.16 bits per heavy atom. The highest BCUT2D eigenvalue weighted by Crippen LogP contribution is 2.23. The summed E-state index contributed by atoms with van der Waals surface area (Å²) in [7, 11) is 0. The number of H-pyrrole nitrogens is 1. The standard InChI is InChI=1S/C22H26N4O4S/c1-2-29-17-5-7-18(8-6-17)30-15-20(27)25-11-9-16(10-12-25)14-19-23-24-22(28)26(19)21-4-3-13-31-21/h3-8,13,16H,2,9-12,14-15H2,1H3,(H,24,28). The van der Waals surface area contributed by atoms with E-state index in [-0.39, 0.29) is 18.2 Å². The average molecular weight is 443 g/mol. The molecule has 8 nitrogen and oxygen atoms in total. The number of nitrogens with zero attached hydrogens (tertiary/aromatic N) is 3. The Morgan fingerprint density at radius 3 is 2.52 bits per heavy atom. The largest absolute Gasteiger partial charge is 0.494 e. The van der Waals surface area contributed by atoms with Gasteiger partial charge in [0.2, 0.25) is 0 Å². The van der Waals surface area contributed by atoms with Gasteiger partial charge in [-0.1, -0.05) is 0 Å². The van der Waals surface area contributed by atoms with Gasteiger partial charge in [0, 0.05) is 19.5 Å². The third-order valence-corrected chi connectivity index (χ3v) is 6.26. The van der Waals surface area contributed by atoms with Crippen LogP contribution in [-0.2, 0) is 11.2 Å². The molecule has 1 fully saturated rings. The highest BCUT2D eigenvalue weighted by Gasteiger charge is 2.25. The van der Waals surface area contributed by atoms with Crippen molar-refractivity contribution in [2.45, 2.75) is 26.2 Å². The molecule has 0 saturated carbocycles. The highest BCUT2D eigenvalue weighted by atomic mass is 32.1. The minimum absolute atomic E-state index is 0.0115. The van der Waals surface area contributed by atoms with E-state index in [9.17, 15) is 9.59 Å². The Bertz CT molecular complexity index is 1030. The summed E-state index contributed by atoms with van der Waals surface area (Å²) in [5, 5.41) is 9.59. The molecule has 0 spiro atoms. The van der Waals surface area contributed by atoms with E-state index in [1.807, 2.05) is 53.6 Å². The number of nitrogens with one attached hydrogen (secondary N) is 1. The van der Waals surface area contributed by atoms with Gasteiger partial charge >= 0.3 is 5.69 Å². The van der Waals surface area contributed by atoms with Gasteiger partial charge in [-0.2, -0.15) is 5.10 Å². The van der Waals surface area contributed by atoms with Crippen molar-refractivity contribution in [2.24, 2.45) is 5.92 Å². The summed E-state index contributed by atoms with van der Waals surface area (Å²) < 4.78 is 12.7. The number of carbonyl (C=O) groups excluding carboxylic acids is 1. The van der Waals surface area contributed by atoms with Crippen LogP contribution in [-0.4, -0.2) is 51.9 Å². The Labute approximate surface area is 184 Å². The first-order valence-corrected chi connectivity index (χ1v) is 11.4. The van der Waals surface area contributed by atoms with Crippen molar-refractivity contribution in [1.29, 1.82) is 0 Å². The van der Waals surface area contributed by atoms with Gasteiger partial charge in [0.1, 0.15) is 22.3 Å². The summed E-state index contributed by atoms with van der Waals surface area (Å²) in [6, 6.07) is 11.1. The van der Waals surface area contributed by atoms with Crippen LogP contribution >= 0.6 is 11.3 Å². The molecule has 1 N–H and O–H groups in total. The monoisotopic (exact) mass is 442 g/mol. The number of likely N-dealkylation sites (tertiary alicyclic amines) is 1. The Morgan fingerprint density at radius 2 is 1.87 bits per heavy atom. The Kier molecular flexibility index (Phi) is 6.71. The zero-order chi connectivity index (χ0) is 21.6. The molecule has 4 rings (SSSR count). The minimum atomic E-state index is -0.212. The molecule has 1 aliphatic heterocycles. The maximum atomic E-state index is 12.5. The number of piperidine rings is 1. The molecule has 0 unspecified atom stereocenters. The van der Waals surface area contributed by atoms with E-state index < -0.39 is 0 Å². The van der Waals surface area contributed by atoms with Crippen molar-refractivity contribution in [2.75, 3.05) is 26.3 Å². The summed E-state index contributed by atoms with van der Waals surface area (Å²) in [5.74, 6) is 2.55. The van der Waals surface area contributed by atoms with E-state index in [0.717, 1.165) is 29.4 Å². The molecule has 1 aromatic carbocycles. The van der Waals surface area contributed by atoms with Crippen molar-refractivity contribution < 1.29 is 14.3 Å². The summed E-state index contributed by atoms with van der Waals surface area (Å²) in [4.78, 5) is 26.5. The van der Waals surface area contributed by atoms with Crippen molar-refractivity contribution in [3.63, 3.8) is 0 Å². The molecular weight excluding hydrogens is 416 g/mol. The van der Waals surface area contributed by atoms with Gasteiger partial charge in [-0.3, -0.25) is 4.79 Å². The first-order valence-electron chi connectivity index (χ1n) is 10.5. The van der Waals surface area contributed by atoms with Crippen LogP contribution in [0.3, 0.4) is 0 Å². The summed E-state index contributed by atoms with van der Waals surface area (Å²) in [6.45, 7) is 3.94. The lowest BCUT2D eigenvalue weighted by molar-refractivity contribution is -0.134. The third kappa shape index (κ3) is 5.16. The molecule has 9 heteroatoms. The van der Waals surface area contributed by atoms with Crippen molar-refractivity contribution in [1.82, 2.24) is 19.7 Å². The number of carbonyl (C=O) groups is 1. The van der Waals surface area contributed by atoms with Crippen LogP contribution in [0.1, 0.15) is 25.6 Å². The van der Waals surface area contributed by atoms with Crippen LogP contribution in [0.2, 0.25) is 0 Å². The summed E-state index contributed by atoms with van der Waals surface area (Å²) in [5.41, 5.74) is -0.212. The lowest BCUT2D eigenvalue weighted by Crippen LogP contribution is -2.41. The highest BCUT2D eigenvalue weighted by molar-refractivity contribution is 7.12. The molecule has 3 heterocycles. The summed E-state index contributed by atoms with van der Waals surface area (Å²) >= 11 is 1.51. The second-order valence-electron chi connectivity index (χ2n) is 7.45. The topological polar surface area (TPSA) is 89.5 Å². The second kappa shape index (κ2) is 9.82. The van der Waals surface area contributed by atoms with Crippen LogP contribution < -0.4 is 15.2 Å². The van der Waals surface area contributed by atoms with Gasteiger partial charge in [0.25, 0.3) is 5.91 Å². The molecule has 1 amide bonds. The molecule has 0 bridgehead atoms. The van der Waals surface area contributed by atoms with Crippen LogP contribution in [0.5, 0.6) is 11.5 Å². The number of hydrogen-bond acceptors (Lipinski definition) is 6. The van der Waals surface area contributed by atoms with E-state index in [4.69, 9.17) is 9.47 Å². The number of benzene rings is 1. The number of amides is 1. The lowest BCUT2D eigenvalue weighted by Gasteiger charge is -2.31. The van der Waals surface area contributed by atoms with Gasteiger partial charge in [0.05, 0.1) is 6.61 Å². The van der Waals surface area contributed by atoms with E-state index in [1.165, 1.54) is 11.3 Å². The fourth-order valence-corrected chi connectivity index (χ4v) is 4.52. The normalized spacial score (nSPS) is 14.5. The fraction of sp³-hybridized carbons (Fsp3) is 0.409. The first-order chi connectivity index (χ1) is 15.1. The van der Waals surface area contributed by atoms with Gasteiger partial charge in [0.15, 0.2) is 6.61 Å². The number of hydrogen-bond donors (Lipinski definition) is 1. The van der Waals surface area contributed by atoms with Crippen LogP contribution in [0.15, 0.2) is 46.6 Å². The zero-order valence-corrected chi connectivity index (χ0v) is 18.3. The fourth-order valence-electron chi connectivity index (χ4n) is 3.77. The van der Waals surface area contributed by atoms with Gasteiger partial charge in [-0.05, 0) is 67.5 Å². The number of rotatable bonds is 8. The average Bonchev–Trinajstić information content (AvgIpc) is 3.43. The van der Waals surface area contributed by atoms with Crippen LogP contribution in [0.4, 0.5) is 0 Å². The molecule has 1 saturated heterocycles. The molecule has 0 aliphatic carbocycles. The van der Waals surface area contributed by atoms with Gasteiger partial charge in [-0.15, -0.1) is 11.3 Å². The van der Waals surface area contributed by atoms with Gasteiger partial charge < -0.3 is 14.4 Å². The predicted molar refractivity (Wildman–Crippen MR) is 118 cm³/mol. The van der Waals surface area contributed by atoms with Crippen LogP contribution in [0, 0.1) is 5.92 Å². The second-order valence-corrected chi connectivity index (χ2v) is 8.38. The van der Waals surface area contributed by atoms with E-state index in [1.54, 1.807) is 4.57 Å². The zero-order valence-electron chi connectivity index (χ0n) is 17.5. The van der Waals surface area contributed by atoms with Crippen molar-refractivity contribution in [3.8, 4) is 16.5 Å². The number of aromatic amines is 1. The molecule has 1 aliphatic rings. The maximum Gasteiger partial charge on any atom is 0.348 e. The molecule has 3 aromatic rings. The Balaban J connectivity index is 1.26. The van der Waals surface area contributed by atoms with E-state index in [0.29, 0.717) is 37.8 Å². The molecule has 31 heavy (non-hydrogen) atoms. The molecule has 0 radical (unpaired) electrons. The van der Waals surface area contributed by atoms with Crippen molar-refractivity contribution in [3.05, 3.63) is 58.1 Å². The lowest BCUT2D eigenvalue weighted by atomic mass is 9.93. The third-order valence-electron chi connectivity index (χ3n) is 5.40. The quantitative estimate of drug-likeness (QED) is 0.579. The van der Waals surface area contributed by atoms with Crippen LogP contribution in [0.25, 0.3) is 5.00 Å². The van der Waals surface area contributed by atoms with Crippen molar-refractivity contribution >= 4 is 17.2 Å². The molecule has 2 aromatic heterocycles. The molecule has 164 valence electrons. The molecular formula is C22H26N4O4S. The number of thiophene rings is 1. The van der Waals surface area contributed by atoms with E-state index >= 15 is 0 Å². The smallest absolute Gasteiger partial charge is 0.348 e. The van der Waals surface area contributed by atoms with E-state index in [2.05, 4.69) is 10.2 Å². The maximum absolute atomic E-state index is 12.5. The molecule has 0 atom stereocenters. The minimum Gasteiger partial charge on any atom is -0.494 e. The number of ether oxygens (including phenoxy) is 2. The van der Waals surface area contributed by atoms with Gasteiger partial charge in [-0.25, -0.2) is 14.5 Å². The SMILES string of the molecule is CCOc1ccc(OCC(=O)N2CCC(Cc3n[nH]c(=O)n3-c3cccs3)CC2)cc1. The summed E-state index contributed by atoms with van der Waals surface area (Å²) in [6.07, 6.45) is 2.46. The first kappa shape index (κ1) is 21.2.